The van der Waals surface area contributed by atoms with Crippen LogP contribution in [0.25, 0.3) is 16.9 Å². The number of benzene rings is 4. The molecule has 0 unspecified atom stereocenters. The quantitative estimate of drug-likeness (QED) is 0.0244. The van der Waals surface area contributed by atoms with Crippen molar-refractivity contribution in [3.63, 3.8) is 0 Å². The van der Waals surface area contributed by atoms with Gasteiger partial charge < -0.3 is 5.53 Å². The first kappa shape index (κ1) is 61.0. The monoisotopic (exact) mass is 1020 g/mol. The number of allylic oxidation sites excluding steroid dienone is 2. The average molecular weight is 1020 g/mol. The van der Waals surface area contributed by atoms with E-state index in [1.165, 1.54) is 192 Å². The first-order valence-corrected chi connectivity index (χ1v) is 31.6. The number of hydrogen-bond acceptors (Lipinski definition) is 0. The fourth-order valence-corrected chi connectivity index (χ4v) is 11.9. The van der Waals surface area contributed by atoms with Crippen LogP contribution >= 0.6 is 0 Å². The molecule has 0 atom stereocenters. The Morgan fingerprint density at radius 3 is 1.04 bits per heavy atom. The summed E-state index contributed by atoms with van der Waals surface area (Å²) in [6, 6.07) is 31.6. The van der Waals surface area contributed by atoms with Crippen LogP contribution in [0.1, 0.15) is 259 Å². The van der Waals surface area contributed by atoms with Gasteiger partial charge in [0.25, 0.3) is 0 Å². The molecular weight excluding hydrogens is 915 g/mol. The molecule has 0 aromatic heterocycles. The zero-order valence-corrected chi connectivity index (χ0v) is 48.6. The maximum atomic E-state index is 12.9. The van der Waals surface area contributed by atoms with E-state index in [9.17, 15) is 5.53 Å². The molecule has 2 nitrogen and oxygen atoms in total. The Balaban J connectivity index is 0.000000552. The van der Waals surface area contributed by atoms with E-state index in [1.54, 1.807) is 38.1 Å². The van der Waals surface area contributed by atoms with E-state index in [-0.39, 0.29) is 0 Å². The predicted octanol–water partition coefficient (Wildman–Crippen LogP) is 21.6. The fraction of sp³-hybridized carbons (Fsp3) is 0.594. The Labute approximate surface area is 450 Å². The molecule has 4 aromatic rings. The summed E-state index contributed by atoms with van der Waals surface area (Å²) in [6.45, 7) is 18.6. The molecule has 0 saturated carbocycles. The fourth-order valence-electron chi connectivity index (χ4n) is 10.7. The number of hydrogen-bond donors (Lipinski definition) is 0. The third kappa shape index (κ3) is 20.6. The summed E-state index contributed by atoms with van der Waals surface area (Å²) in [4.78, 5) is 0. The molecule has 3 heteroatoms. The molecule has 1 aliphatic heterocycles. The second-order valence-corrected chi connectivity index (χ2v) is 22.5. The van der Waals surface area contributed by atoms with E-state index >= 15 is 0 Å². The van der Waals surface area contributed by atoms with Crippen molar-refractivity contribution in [3.8, 4) is 0 Å². The van der Waals surface area contributed by atoms with Crippen molar-refractivity contribution in [2.75, 3.05) is 0 Å². The van der Waals surface area contributed by atoms with Gasteiger partial charge in [-0.25, -0.2) is 4.70 Å². The van der Waals surface area contributed by atoms with Crippen LogP contribution in [-0.2, 0) is 65.8 Å². The standard InChI is InChI=1S/C53H86N2.2C8H9.Ni/c1-9-17-25-29-37-51-50(35-24-16-8)52(46-38-42(30-21-13-5)48(34-23-15-7)43(39-46)31-22-14-6)55(54)53(51)47-40-44(32-26-18-10-2)49(36-28-20-12-4)45(41-47)33-27-19-11-3;2*1-2-8-6-4-3-5-7-8;/h38-41H,9-37H2,1-8H3;2*3-7H,1-2H2;. The topological polar surface area (TPSA) is 25.3 Å². The molecule has 0 N–H and O–H groups in total. The van der Waals surface area contributed by atoms with Crippen molar-refractivity contribution in [1.82, 2.24) is 0 Å². The van der Waals surface area contributed by atoms with E-state index in [0.29, 0.717) is 0 Å². The van der Waals surface area contributed by atoms with Crippen LogP contribution in [0.4, 0.5) is 0 Å². The van der Waals surface area contributed by atoms with Crippen LogP contribution in [-0.4, -0.2) is 4.70 Å². The van der Waals surface area contributed by atoms with E-state index < -0.39 is 0 Å². The van der Waals surface area contributed by atoms with Crippen LogP contribution in [0.15, 0.2) is 96.1 Å². The van der Waals surface area contributed by atoms with Crippen LogP contribution < -0.4 is 0 Å². The molecule has 1 aliphatic rings. The third-order valence-electron chi connectivity index (χ3n) is 15.0. The first-order valence-electron chi connectivity index (χ1n) is 30.2. The third-order valence-corrected chi connectivity index (χ3v) is 16.2. The van der Waals surface area contributed by atoms with Crippen LogP contribution in [0.3, 0.4) is 0 Å². The molecule has 400 valence electrons. The number of rotatable bonds is 37. The van der Waals surface area contributed by atoms with Crippen molar-refractivity contribution in [2.24, 2.45) is 0 Å². The Hall–Kier alpha value is -3.55. The zero-order valence-electron chi connectivity index (χ0n) is 47.6. The Kier molecular flexibility index (Phi) is 31.5. The van der Waals surface area contributed by atoms with E-state index in [4.69, 9.17) is 0 Å². The summed E-state index contributed by atoms with van der Waals surface area (Å²) in [5, 5.41) is 2.48. The summed E-state index contributed by atoms with van der Waals surface area (Å²) >= 11 is 1.86. The van der Waals surface area contributed by atoms with Gasteiger partial charge >= 0.3 is 110 Å². The summed E-state index contributed by atoms with van der Waals surface area (Å²) < 4.78 is 1.73. The molecule has 0 bridgehead atoms. The summed E-state index contributed by atoms with van der Waals surface area (Å²) in [6.07, 6.45) is 37.4. The number of unbranched alkanes of at least 4 members (excludes halogenated alkanes) is 13. The second-order valence-electron chi connectivity index (χ2n) is 21.1. The second kappa shape index (κ2) is 37.2. The molecule has 0 radical (unpaired) electrons. The molecular formula is C69H104N2Ni. The van der Waals surface area contributed by atoms with Crippen molar-refractivity contribution < 1.29 is 19.1 Å². The summed E-state index contributed by atoms with van der Waals surface area (Å²) in [7, 11) is 0. The summed E-state index contributed by atoms with van der Waals surface area (Å²) in [5.74, 6) is 0. The molecule has 0 fully saturated rings. The minimum absolute atomic E-state index is 1.03. The van der Waals surface area contributed by atoms with E-state index in [1.807, 2.05) is 14.4 Å². The number of aryl methyl sites for hydroxylation is 6. The molecule has 5 rings (SSSR count). The molecule has 4 aromatic carbocycles. The van der Waals surface area contributed by atoms with Gasteiger partial charge in [0.2, 0.25) is 11.4 Å². The van der Waals surface area contributed by atoms with Gasteiger partial charge in [-0.05, 0) is 160 Å². The Bertz CT molecular complexity index is 2060. The van der Waals surface area contributed by atoms with Gasteiger partial charge in [-0.1, -0.05) is 139 Å². The Morgan fingerprint density at radius 1 is 0.333 bits per heavy atom. The van der Waals surface area contributed by atoms with Crippen molar-refractivity contribution >= 4 is 11.4 Å². The van der Waals surface area contributed by atoms with Gasteiger partial charge in [-0.2, -0.15) is 0 Å². The predicted molar refractivity (Wildman–Crippen MR) is 314 cm³/mol. The minimum atomic E-state index is 1.03. The summed E-state index contributed by atoms with van der Waals surface area (Å²) in [5.41, 5.74) is 32.9. The van der Waals surface area contributed by atoms with Gasteiger partial charge in [0, 0.05) is 22.3 Å². The normalized spacial score (nSPS) is 12.6. The number of nitrogens with zero attached hydrogens (tertiary/aromatic N) is 2. The van der Waals surface area contributed by atoms with Gasteiger partial charge in [0.05, 0.1) is 0 Å². The van der Waals surface area contributed by atoms with Crippen LogP contribution in [0, 0.1) is 0 Å². The van der Waals surface area contributed by atoms with Gasteiger partial charge in [0.15, 0.2) is 0 Å². The zero-order chi connectivity index (χ0) is 51.6. The first-order chi connectivity index (χ1) is 35.4. The van der Waals surface area contributed by atoms with E-state index in [0.717, 1.165) is 62.8 Å². The van der Waals surface area contributed by atoms with Crippen LogP contribution in [0.5, 0.6) is 0 Å². The van der Waals surface area contributed by atoms with Crippen LogP contribution in [0.2, 0.25) is 10.8 Å². The molecule has 1 heterocycles. The SMILES string of the molecule is CCCCCCC1=C(c2cc(CCCCC)c(CCCCC)c(CCCCC)c2)[N+](=[N-])C(c2cc(CCCC)c(CCCC)c(CCCC)c2)=C1CCCC.c1ccc(C[CH2][Ni][CH2]Cc2ccccc2)cc1. The van der Waals surface area contributed by atoms with Gasteiger partial charge in [-0.3, -0.25) is 0 Å². The van der Waals surface area contributed by atoms with Gasteiger partial charge in [-0.15, -0.1) is 0 Å². The molecule has 0 amide bonds. The molecule has 0 aliphatic carbocycles. The molecule has 72 heavy (non-hydrogen) atoms. The Morgan fingerprint density at radius 2 is 0.639 bits per heavy atom. The molecule has 0 saturated heterocycles. The van der Waals surface area contributed by atoms with Gasteiger partial charge in [0.1, 0.15) is 0 Å². The average Bonchev–Trinajstić information content (AvgIpc) is 3.68. The van der Waals surface area contributed by atoms with Crippen molar-refractivity contribution in [2.45, 2.75) is 265 Å². The van der Waals surface area contributed by atoms with Crippen molar-refractivity contribution in [3.05, 3.63) is 157 Å². The van der Waals surface area contributed by atoms with E-state index in [2.05, 4.69) is 140 Å². The van der Waals surface area contributed by atoms with Crippen molar-refractivity contribution in [1.29, 1.82) is 0 Å². The molecule has 0 spiro atoms. The maximum absolute atomic E-state index is 12.9.